The standard InChI is InChI=1S/C7H14N2O/c1-8-7-4-9-2-5(7)6(7)3-10/h5-6,8-10H,2-4H2,1H3. The average Bonchev–Trinajstić information content (AvgIpc) is 2.38. The van der Waals surface area contributed by atoms with Crippen molar-refractivity contribution in [3.63, 3.8) is 0 Å². The van der Waals surface area contributed by atoms with Crippen molar-refractivity contribution in [1.29, 1.82) is 0 Å². The van der Waals surface area contributed by atoms with Crippen LogP contribution in [-0.2, 0) is 0 Å². The van der Waals surface area contributed by atoms with Crippen molar-refractivity contribution in [2.24, 2.45) is 11.8 Å². The maximum Gasteiger partial charge on any atom is 0.0481 e. The largest absolute Gasteiger partial charge is 0.396 e. The predicted molar refractivity (Wildman–Crippen MR) is 38.7 cm³/mol. The van der Waals surface area contributed by atoms with Crippen LogP contribution in [0.4, 0.5) is 0 Å². The molecule has 1 saturated carbocycles. The quantitative estimate of drug-likeness (QED) is 0.453. The van der Waals surface area contributed by atoms with Crippen LogP contribution in [0.15, 0.2) is 0 Å². The van der Waals surface area contributed by atoms with Crippen molar-refractivity contribution in [2.75, 3.05) is 26.7 Å². The van der Waals surface area contributed by atoms with Crippen LogP contribution in [0.2, 0.25) is 0 Å². The molecule has 0 radical (unpaired) electrons. The van der Waals surface area contributed by atoms with Crippen LogP contribution in [0.3, 0.4) is 0 Å². The Morgan fingerprint density at radius 1 is 1.80 bits per heavy atom. The number of hydrogen-bond donors (Lipinski definition) is 3. The Morgan fingerprint density at radius 3 is 3.00 bits per heavy atom. The van der Waals surface area contributed by atoms with Gasteiger partial charge >= 0.3 is 0 Å². The third-order valence-corrected chi connectivity index (χ3v) is 3.14. The molecule has 1 aliphatic carbocycles. The molecule has 3 atom stereocenters. The smallest absolute Gasteiger partial charge is 0.0481 e. The van der Waals surface area contributed by atoms with Crippen LogP contribution in [0.25, 0.3) is 0 Å². The molecular formula is C7H14N2O. The van der Waals surface area contributed by atoms with Gasteiger partial charge in [-0.05, 0) is 13.0 Å². The third-order valence-electron chi connectivity index (χ3n) is 3.14. The fourth-order valence-electron chi connectivity index (χ4n) is 2.37. The number of aliphatic hydroxyl groups is 1. The van der Waals surface area contributed by atoms with Gasteiger partial charge in [-0.2, -0.15) is 0 Å². The number of fused-ring (bicyclic) bond motifs is 1. The number of aliphatic hydroxyl groups excluding tert-OH is 1. The topological polar surface area (TPSA) is 44.3 Å². The monoisotopic (exact) mass is 142 g/mol. The van der Waals surface area contributed by atoms with Gasteiger partial charge in [0.1, 0.15) is 0 Å². The molecule has 3 N–H and O–H groups in total. The number of piperidine rings is 1. The van der Waals surface area contributed by atoms with Gasteiger partial charge in [-0.25, -0.2) is 0 Å². The van der Waals surface area contributed by atoms with Gasteiger partial charge in [-0.1, -0.05) is 0 Å². The predicted octanol–water partition coefficient (Wildman–Crippen LogP) is -1.21. The molecule has 1 aliphatic heterocycles. The van der Waals surface area contributed by atoms with Crippen LogP contribution in [0.1, 0.15) is 0 Å². The van der Waals surface area contributed by atoms with E-state index >= 15 is 0 Å². The van der Waals surface area contributed by atoms with E-state index in [-0.39, 0.29) is 5.54 Å². The molecule has 2 rings (SSSR count). The third kappa shape index (κ3) is 0.557. The van der Waals surface area contributed by atoms with Gasteiger partial charge in [0.05, 0.1) is 0 Å². The van der Waals surface area contributed by atoms with E-state index in [4.69, 9.17) is 5.11 Å². The Balaban J connectivity index is 2.07. The first kappa shape index (κ1) is 6.58. The molecule has 1 saturated heterocycles. The lowest BCUT2D eigenvalue weighted by Crippen LogP contribution is -2.37. The summed E-state index contributed by atoms with van der Waals surface area (Å²) in [6.07, 6.45) is 0. The highest BCUT2D eigenvalue weighted by atomic mass is 16.3. The SMILES string of the molecule is CNC12CNCC1C2CO. The highest BCUT2D eigenvalue weighted by Gasteiger charge is 2.65. The molecule has 0 aromatic carbocycles. The lowest BCUT2D eigenvalue weighted by molar-refractivity contribution is 0.249. The normalized spacial score (nSPS) is 51.0. The molecular weight excluding hydrogens is 128 g/mol. The zero-order valence-electron chi connectivity index (χ0n) is 6.22. The summed E-state index contributed by atoms with van der Waals surface area (Å²) in [5.74, 6) is 1.20. The molecule has 1 heterocycles. The lowest BCUT2D eigenvalue weighted by Gasteiger charge is -2.12. The number of rotatable bonds is 2. The second-order valence-corrected chi connectivity index (χ2v) is 3.32. The zero-order valence-corrected chi connectivity index (χ0v) is 6.22. The molecule has 2 aliphatic rings. The first-order valence-corrected chi connectivity index (χ1v) is 3.85. The molecule has 3 unspecified atom stereocenters. The average molecular weight is 142 g/mol. The minimum Gasteiger partial charge on any atom is -0.396 e. The summed E-state index contributed by atoms with van der Waals surface area (Å²) in [7, 11) is 1.98. The minimum atomic E-state index is 0.259. The minimum absolute atomic E-state index is 0.259. The van der Waals surface area contributed by atoms with Crippen LogP contribution in [-0.4, -0.2) is 37.4 Å². The molecule has 2 fully saturated rings. The molecule has 0 aromatic rings. The molecule has 10 heavy (non-hydrogen) atoms. The van der Waals surface area contributed by atoms with E-state index in [2.05, 4.69) is 10.6 Å². The summed E-state index contributed by atoms with van der Waals surface area (Å²) < 4.78 is 0. The van der Waals surface area contributed by atoms with Gasteiger partial charge < -0.3 is 15.7 Å². The second kappa shape index (κ2) is 1.94. The fourth-order valence-corrected chi connectivity index (χ4v) is 2.37. The van der Waals surface area contributed by atoms with E-state index in [1.165, 1.54) is 0 Å². The number of hydrogen-bond acceptors (Lipinski definition) is 3. The van der Waals surface area contributed by atoms with Crippen molar-refractivity contribution in [3.05, 3.63) is 0 Å². The molecule has 0 aromatic heterocycles. The van der Waals surface area contributed by atoms with E-state index in [0.717, 1.165) is 13.1 Å². The van der Waals surface area contributed by atoms with Crippen molar-refractivity contribution in [1.82, 2.24) is 10.6 Å². The summed E-state index contributed by atoms with van der Waals surface area (Å²) in [4.78, 5) is 0. The summed E-state index contributed by atoms with van der Waals surface area (Å²) in [6.45, 7) is 2.44. The van der Waals surface area contributed by atoms with E-state index in [1.807, 2.05) is 7.05 Å². The van der Waals surface area contributed by atoms with Gasteiger partial charge in [0.2, 0.25) is 0 Å². The number of nitrogens with one attached hydrogen (secondary N) is 2. The first-order valence-electron chi connectivity index (χ1n) is 3.85. The molecule has 0 bridgehead atoms. The Labute approximate surface area is 60.8 Å². The molecule has 58 valence electrons. The van der Waals surface area contributed by atoms with Gasteiger partial charge in [-0.15, -0.1) is 0 Å². The lowest BCUT2D eigenvalue weighted by atomic mass is 10.2. The second-order valence-electron chi connectivity index (χ2n) is 3.32. The molecule has 3 nitrogen and oxygen atoms in total. The van der Waals surface area contributed by atoms with Gasteiger partial charge in [0, 0.05) is 31.2 Å². The Bertz CT molecular complexity index is 145. The highest BCUT2D eigenvalue weighted by molar-refractivity contribution is 5.22. The van der Waals surface area contributed by atoms with Crippen LogP contribution >= 0.6 is 0 Å². The highest BCUT2D eigenvalue weighted by Crippen LogP contribution is 2.51. The van der Waals surface area contributed by atoms with E-state index < -0.39 is 0 Å². The number of likely N-dealkylation sites (N-methyl/N-ethyl adjacent to an activating group) is 1. The molecule has 3 heteroatoms. The Hall–Kier alpha value is -0.120. The maximum atomic E-state index is 8.94. The van der Waals surface area contributed by atoms with Gasteiger partial charge in [-0.3, -0.25) is 0 Å². The summed E-state index contributed by atoms with van der Waals surface area (Å²) in [6, 6.07) is 0. The van der Waals surface area contributed by atoms with E-state index in [1.54, 1.807) is 0 Å². The summed E-state index contributed by atoms with van der Waals surface area (Å²) >= 11 is 0. The van der Waals surface area contributed by atoms with Crippen molar-refractivity contribution >= 4 is 0 Å². The van der Waals surface area contributed by atoms with Crippen LogP contribution < -0.4 is 10.6 Å². The zero-order chi connectivity index (χ0) is 7.19. The van der Waals surface area contributed by atoms with Gasteiger partial charge in [0.25, 0.3) is 0 Å². The Morgan fingerprint density at radius 2 is 2.60 bits per heavy atom. The van der Waals surface area contributed by atoms with Crippen molar-refractivity contribution in [3.8, 4) is 0 Å². The van der Waals surface area contributed by atoms with E-state index in [0.29, 0.717) is 18.4 Å². The van der Waals surface area contributed by atoms with E-state index in [9.17, 15) is 0 Å². The fraction of sp³-hybridized carbons (Fsp3) is 1.00. The van der Waals surface area contributed by atoms with Crippen molar-refractivity contribution in [2.45, 2.75) is 5.54 Å². The summed E-state index contributed by atoms with van der Waals surface area (Å²) in [5, 5.41) is 15.5. The van der Waals surface area contributed by atoms with Crippen LogP contribution in [0.5, 0.6) is 0 Å². The first-order chi connectivity index (χ1) is 4.85. The Kier molecular flexibility index (Phi) is 1.27. The summed E-state index contributed by atoms with van der Waals surface area (Å²) in [5.41, 5.74) is 0.259. The maximum absolute atomic E-state index is 8.94. The molecule has 0 amide bonds. The van der Waals surface area contributed by atoms with Crippen molar-refractivity contribution < 1.29 is 5.11 Å². The van der Waals surface area contributed by atoms with Gasteiger partial charge in [0.15, 0.2) is 0 Å². The van der Waals surface area contributed by atoms with Crippen LogP contribution in [0, 0.1) is 11.8 Å². The molecule has 0 spiro atoms.